The van der Waals surface area contributed by atoms with Gasteiger partial charge < -0.3 is 10.6 Å². The number of thiazole rings is 1. The minimum atomic E-state index is 0. The van der Waals surface area contributed by atoms with E-state index in [2.05, 4.69) is 27.5 Å². The molecule has 0 atom stereocenters. The van der Waals surface area contributed by atoms with Gasteiger partial charge in [0.2, 0.25) is 0 Å². The van der Waals surface area contributed by atoms with E-state index in [0.717, 1.165) is 23.2 Å². The van der Waals surface area contributed by atoms with Gasteiger partial charge in [-0.1, -0.05) is 0 Å². The molecule has 19 heavy (non-hydrogen) atoms. The van der Waals surface area contributed by atoms with Crippen LogP contribution in [0, 0.1) is 0 Å². The summed E-state index contributed by atoms with van der Waals surface area (Å²) in [5.41, 5.74) is 1.01. The maximum Gasteiger partial charge on any atom is 0.193 e. The Labute approximate surface area is 133 Å². The van der Waals surface area contributed by atoms with Crippen LogP contribution in [0.15, 0.2) is 22.8 Å². The van der Waals surface area contributed by atoms with E-state index in [1.54, 1.807) is 11.3 Å². The lowest BCUT2D eigenvalue weighted by atomic mass is 10.5. The summed E-state index contributed by atoms with van der Waals surface area (Å²) in [5.74, 6) is 0.899. The van der Waals surface area contributed by atoms with Gasteiger partial charge in [0.05, 0.1) is 12.2 Å². The van der Waals surface area contributed by atoms with Crippen LogP contribution in [0.4, 0.5) is 0 Å². The number of guanidine groups is 1. The molecule has 104 valence electrons. The number of aromatic nitrogens is 2. The molecule has 1 aliphatic rings. The van der Waals surface area contributed by atoms with E-state index in [9.17, 15) is 0 Å². The Bertz CT molecular complexity index is 529. The van der Waals surface area contributed by atoms with Crippen molar-refractivity contribution in [2.75, 3.05) is 6.54 Å². The minimum Gasteiger partial charge on any atom is -0.357 e. The summed E-state index contributed by atoms with van der Waals surface area (Å²) < 4.78 is 2.04. The number of fused-ring (bicyclic) bond motifs is 1. The van der Waals surface area contributed by atoms with Crippen molar-refractivity contribution in [2.45, 2.75) is 32.4 Å². The quantitative estimate of drug-likeness (QED) is 0.478. The number of aliphatic imine (C=N–C) groups is 1. The van der Waals surface area contributed by atoms with Gasteiger partial charge >= 0.3 is 0 Å². The Balaban J connectivity index is 0.00000133. The maximum absolute atomic E-state index is 4.56. The fraction of sp³-hybridized carbons (Fsp3) is 0.500. The van der Waals surface area contributed by atoms with Gasteiger partial charge in [0.25, 0.3) is 0 Å². The van der Waals surface area contributed by atoms with Crippen molar-refractivity contribution in [1.82, 2.24) is 20.0 Å². The maximum atomic E-state index is 4.56. The van der Waals surface area contributed by atoms with Gasteiger partial charge in [0.15, 0.2) is 10.9 Å². The fourth-order valence-corrected chi connectivity index (χ4v) is 2.47. The first-order chi connectivity index (χ1) is 8.85. The standard InChI is InChI=1S/C12H17N5S.HI/c1-2-13-11(15-9-3-4-9)14-7-10-8-17-5-6-18-12(17)16-10;/h5-6,8-9H,2-4,7H2,1H3,(H2,13,14,15);1H. The molecule has 2 aromatic rings. The van der Waals surface area contributed by atoms with Gasteiger partial charge in [-0.05, 0) is 19.8 Å². The highest BCUT2D eigenvalue weighted by atomic mass is 127. The van der Waals surface area contributed by atoms with Crippen molar-refractivity contribution in [3.63, 3.8) is 0 Å². The molecule has 0 aliphatic heterocycles. The van der Waals surface area contributed by atoms with Crippen LogP contribution in [0.25, 0.3) is 4.96 Å². The second-order valence-electron chi connectivity index (χ2n) is 4.44. The van der Waals surface area contributed by atoms with Crippen LogP contribution < -0.4 is 10.6 Å². The molecule has 0 saturated heterocycles. The first-order valence-electron chi connectivity index (χ1n) is 6.31. The Kier molecular flexibility index (Phi) is 5.03. The number of hydrogen-bond acceptors (Lipinski definition) is 3. The van der Waals surface area contributed by atoms with E-state index in [0.29, 0.717) is 12.6 Å². The Morgan fingerprint density at radius 3 is 3.11 bits per heavy atom. The van der Waals surface area contributed by atoms with E-state index in [4.69, 9.17) is 0 Å². The van der Waals surface area contributed by atoms with E-state index in [-0.39, 0.29) is 24.0 Å². The van der Waals surface area contributed by atoms with E-state index < -0.39 is 0 Å². The molecular weight excluding hydrogens is 373 g/mol. The Morgan fingerprint density at radius 2 is 2.42 bits per heavy atom. The van der Waals surface area contributed by atoms with Crippen molar-refractivity contribution < 1.29 is 0 Å². The van der Waals surface area contributed by atoms with Gasteiger partial charge in [-0.2, -0.15) is 0 Å². The number of imidazole rings is 1. The second kappa shape index (κ2) is 6.56. The predicted octanol–water partition coefficient (Wildman–Crippen LogP) is 2.23. The molecule has 2 N–H and O–H groups in total. The fourth-order valence-electron chi connectivity index (χ4n) is 1.75. The predicted molar refractivity (Wildman–Crippen MR) is 89.5 cm³/mol. The zero-order chi connectivity index (χ0) is 12.4. The molecule has 2 heterocycles. The third-order valence-electron chi connectivity index (χ3n) is 2.80. The molecule has 7 heteroatoms. The molecule has 1 fully saturated rings. The largest absolute Gasteiger partial charge is 0.357 e. The summed E-state index contributed by atoms with van der Waals surface area (Å²) in [5, 5.41) is 8.69. The van der Waals surface area contributed by atoms with E-state index >= 15 is 0 Å². The molecule has 2 aromatic heterocycles. The normalized spacial score (nSPS) is 15.3. The smallest absolute Gasteiger partial charge is 0.193 e. The zero-order valence-corrected chi connectivity index (χ0v) is 13.9. The Morgan fingerprint density at radius 1 is 1.58 bits per heavy atom. The summed E-state index contributed by atoms with van der Waals surface area (Å²) in [7, 11) is 0. The zero-order valence-electron chi connectivity index (χ0n) is 10.8. The number of nitrogens with zero attached hydrogens (tertiary/aromatic N) is 3. The van der Waals surface area contributed by atoms with Crippen LogP contribution in [0.2, 0.25) is 0 Å². The lowest BCUT2D eigenvalue weighted by Gasteiger charge is -2.09. The first-order valence-corrected chi connectivity index (χ1v) is 7.19. The third-order valence-corrected chi connectivity index (χ3v) is 3.58. The van der Waals surface area contributed by atoms with Crippen LogP contribution in [-0.2, 0) is 6.54 Å². The van der Waals surface area contributed by atoms with Crippen LogP contribution in [-0.4, -0.2) is 27.9 Å². The van der Waals surface area contributed by atoms with Crippen LogP contribution in [0.1, 0.15) is 25.5 Å². The Hall–Kier alpha value is -0.830. The molecule has 5 nitrogen and oxygen atoms in total. The van der Waals surface area contributed by atoms with Crippen molar-refractivity contribution in [1.29, 1.82) is 0 Å². The average molecular weight is 391 g/mol. The van der Waals surface area contributed by atoms with Crippen LogP contribution in [0.5, 0.6) is 0 Å². The third kappa shape index (κ3) is 3.82. The van der Waals surface area contributed by atoms with Crippen molar-refractivity contribution in [3.8, 4) is 0 Å². The number of hydrogen-bond donors (Lipinski definition) is 2. The van der Waals surface area contributed by atoms with Crippen LogP contribution >= 0.6 is 35.3 Å². The highest BCUT2D eigenvalue weighted by molar-refractivity contribution is 14.0. The van der Waals surface area contributed by atoms with Crippen molar-refractivity contribution in [2.24, 2.45) is 4.99 Å². The van der Waals surface area contributed by atoms with Gasteiger partial charge in [-0.25, -0.2) is 9.98 Å². The molecule has 0 aromatic carbocycles. The molecule has 0 bridgehead atoms. The summed E-state index contributed by atoms with van der Waals surface area (Å²) in [4.78, 5) is 10.1. The van der Waals surface area contributed by atoms with Crippen LogP contribution in [0.3, 0.4) is 0 Å². The number of rotatable bonds is 4. The van der Waals surface area contributed by atoms with Crippen molar-refractivity contribution in [3.05, 3.63) is 23.5 Å². The molecule has 0 amide bonds. The highest BCUT2D eigenvalue weighted by Crippen LogP contribution is 2.18. The molecule has 0 unspecified atom stereocenters. The first kappa shape index (κ1) is 14.6. The SMILES string of the molecule is CCNC(=NCc1cn2ccsc2n1)NC1CC1.I. The van der Waals surface area contributed by atoms with Gasteiger partial charge in [-0.3, -0.25) is 4.40 Å². The molecule has 1 aliphatic carbocycles. The monoisotopic (exact) mass is 391 g/mol. The lowest BCUT2D eigenvalue weighted by molar-refractivity contribution is 0.809. The van der Waals surface area contributed by atoms with E-state index in [1.807, 2.05) is 22.2 Å². The molecular formula is C12H18IN5S. The molecule has 0 radical (unpaired) electrons. The molecule has 3 rings (SSSR count). The van der Waals surface area contributed by atoms with Gasteiger partial charge in [-0.15, -0.1) is 35.3 Å². The highest BCUT2D eigenvalue weighted by Gasteiger charge is 2.22. The second-order valence-corrected chi connectivity index (χ2v) is 5.31. The molecule has 1 saturated carbocycles. The summed E-state index contributed by atoms with van der Waals surface area (Å²) >= 11 is 1.65. The topological polar surface area (TPSA) is 53.7 Å². The average Bonchev–Trinajstić information content (AvgIpc) is 2.91. The number of nitrogens with one attached hydrogen (secondary N) is 2. The lowest BCUT2D eigenvalue weighted by Crippen LogP contribution is -2.38. The summed E-state index contributed by atoms with van der Waals surface area (Å²) in [6.07, 6.45) is 6.57. The number of halogens is 1. The summed E-state index contributed by atoms with van der Waals surface area (Å²) in [6.45, 7) is 3.59. The van der Waals surface area contributed by atoms with Gasteiger partial charge in [0.1, 0.15) is 0 Å². The van der Waals surface area contributed by atoms with Crippen molar-refractivity contribution >= 4 is 46.2 Å². The summed E-state index contributed by atoms with van der Waals surface area (Å²) in [6, 6.07) is 0.619. The molecule has 0 spiro atoms. The minimum absolute atomic E-state index is 0. The van der Waals surface area contributed by atoms with Gasteiger partial charge in [0, 0.05) is 30.4 Å². The van der Waals surface area contributed by atoms with E-state index in [1.165, 1.54) is 12.8 Å².